The standard InChI is InChI=1S/C17H17ClN2S/c18-15-7-4-12(5-8-15)11-19-17(21)20-16-9-6-13-2-1-3-14(13)10-16/h4-10H,1-3,11H2,(H2,19,20,21). The van der Waals surface area contributed by atoms with E-state index in [1.807, 2.05) is 24.3 Å². The van der Waals surface area contributed by atoms with Crippen molar-refractivity contribution in [2.75, 3.05) is 5.32 Å². The number of anilines is 1. The molecule has 0 unspecified atom stereocenters. The van der Waals surface area contributed by atoms with Crippen LogP contribution in [0.3, 0.4) is 0 Å². The fourth-order valence-corrected chi connectivity index (χ4v) is 2.93. The molecule has 0 aromatic heterocycles. The lowest BCUT2D eigenvalue weighted by atomic mass is 10.1. The molecule has 21 heavy (non-hydrogen) atoms. The van der Waals surface area contributed by atoms with Crippen molar-refractivity contribution in [3.8, 4) is 0 Å². The maximum atomic E-state index is 5.87. The largest absolute Gasteiger partial charge is 0.358 e. The van der Waals surface area contributed by atoms with Gasteiger partial charge in [0.15, 0.2) is 5.11 Å². The van der Waals surface area contributed by atoms with Crippen LogP contribution in [0.25, 0.3) is 0 Å². The van der Waals surface area contributed by atoms with E-state index in [0.717, 1.165) is 16.3 Å². The van der Waals surface area contributed by atoms with Gasteiger partial charge in [-0.25, -0.2) is 0 Å². The second kappa shape index (κ2) is 6.46. The molecule has 2 nitrogen and oxygen atoms in total. The van der Waals surface area contributed by atoms with E-state index in [1.165, 1.54) is 30.4 Å². The quantitative estimate of drug-likeness (QED) is 0.825. The van der Waals surface area contributed by atoms with Crippen LogP contribution < -0.4 is 10.6 Å². The summed E-state index contributed by atoms with van der Waals surface area (Å²) in [5.74, 6) is 0. The molecule has 0 atom stereocenters. The van der Waals surface area contributed by atoms with Crippen LogP contribution in [0, 0.1) is 0 Å². The van der Waals surface area contributed by atoms with Gasteiger partial charge in [-0.1, -0.05) is 29.8 Å². The molecule has 108 valence electrons. The van der Waals surface area contributed by atoms with E-state index >= 15 is 0 Å². The minimum atomic E-state index is 0.642. The van der Waals surface area contributed by atoms with Gasteiger partial charge in [-0.2, -0.15) is 0 Å². The van der Waals surface area contributed by atoms with Crippen LogP contribution in [-0.4, -0.2) is 5.11 Å². The van der Waals surface area contributed by atoms with Gasteiger partial charge in [0.2, 0.25) is 0 Å². The third-order valence-corrected chi connectivity index (χ3v) is 4.22. The lowest BCUT2D eigenvalue weighted by Crippen LogP contribution is -2.27. The highest BCUT2D eigenvalue weighted by Gasteiger charge is 2.10. The van der Waals surface area contributed by atoms with Crippen molar-refractivity contribution >= 4 is 34.6 Å². The molecule has 0 bridgehead atoms. The highest BCUT2D eigenvalue weighted by Crippen LogP contribution is 2.24. The van der Waals surface area contributed by atoms with Crippen molar-refractivity contribution in [3.05, 3.63) is 64.2 Å². The number of halogens is 1. The lowest BCUT2D eigenvalue weighted by molar-refractivity contribution is 0.911. The molecule has 0 saturated heterocycles. The Morgan fingerprint density at radius 1 is 1.05 bits per heavy atom. The van der Waals surface area contributed by atoms with Gasteiger partial charge in [0, 0.05) is 17.3 Å². The Morgan fingerprint density at radius 3 is 2.62 bits per heavy atom. The molecule has 1 aliphatic carbocycles. The summed E-state index contributed by atoms with van der Waals surface area (Å²) >= 11 is 11.2. The zero-order valence-electron chi connectivity index (χ0n) is 11.7. The zero-order chi connectivity index (χ0) is 14.7. The lowest BCUT2D eigenvalue weighted by Gasteiger charge is -2.12. The summed E-state index contributed by atoms with van der Waals surface area (Å²) in [5.41, 5.74) is 5.13. The van der Waals surface area contributed by atoms with Gasteiger partial charge in [-0.3, -0.25) is 0 Å². The molecule has 0 fully saturated rings. The molecule has 0 aliphatic heterocycles. The van der Waals surface area contributed by atoms with Crippen molar-refractivity contribution in [2.45, 2.75) is 25.8 Å². The fraction of sp³-hybridized carbons (Fsp3) is 0.235. The van der Waals surface area contributed by atoms with E-state index in [-0.39, 0.29) is 0 Å². The molecule has 1 aliphatic rings. The van der Waals surface area contributed by atoms with E-state index in [0.29, 0.717) is 11.7 Å². The average molecular weight is 317 g/mol. The molecule has 0 saturated carbocycles. The summed E-state index contributed by atoms with van der Waals surface area (Å²) in [7, 11) is 0. The predicted molar refractivity (Wildman–Crippen MR) is 93.0 cm³/mol. The summed E-state index contributed by atoms with van der Waals surface area (Å²) in [6.45, 7) is 0.688. The molecule has 2 aromatic rings. The molecule has 4 heteroatoms. The Labute approximate surface area is 135 Å². The van der Waals surface area contributed by atoms with E-state index in [4.69, 9.17) is 23.8 Å². The topological polar surface area (TPSA) is 24.1 Å². The van der Waals surface area contributed by atoms with Crippen LogP contribution in [0.4, 0.5) is 5.69 Å². The average Bonchev–Trinajstić information content (AvgIpc) is 2.94. The number of hydrogen-bond donors (Lipinski definition) is 2. The van der Waals surface area contributed by atoms with E-state index in [2.05, 4.69) is 28.8 Å². The van der Waals surface area contributed by atoms with Gasteiger partial charge in [0.05, 0.1) is 0 Å². The normalized spacial score (nSPS) is 12.8. The van der Waals surface area contributed by atoms with Crippen LogP contribution in [0.2, 0.25) is 5.02 Å². The molecule has 0 spiro atoms. The maximum absolute atomic E-state index is 5.87. The maximum Gasteiger partial charge on any atom is 0.171 e. The molecular weight excluding hydrogens is 300 g/mol. The number of fused-ring (bicyclic) bond motifs is 1. The molecule has 0 heterocycles. The highest BCUT2D eigenvalue weighted by molar-refractivity contribution is 7.80. The fourth-order valence-electron chi connectivity index (χ4n) is 2.61. The van der Waals surface area contributed by atoms with Gasteiger partial charge in [0.25, 0.3) is 0 Å². The Balaban J connectivity index is 1.55. The van der Waals surface area contributed by atoms with Gasteiger partial charge in [-0.05, 0) is 72.4 Å². The summed E-state index contributed by atoms with van der Waals surface area (Å²) in [5, 5.41) is 7.85. The first-order valence-electron chi connectivity index (χ1n) is 7.12. The first kappa shape index (κ1) is 14.4. The monoisotopic (exact) mass is 316 g/mol. The molecule has 2 N–H and O–H groups in total. The number of benzene rings is 2. The second-order valence-electron chi connectivity index (χ2n) is 5.27. The second-order valence-corrected chi connectivity index (χ2v) is 6.12. The van der Waals surface area contributed by atoms with Crippen LogP contribution in [0.15, 0.2) is 42.5 Å². The van der Waals surface area contributed by atoms with Crippen LogP contribution >= 0.6 is 23.8 Å². The number of nitrogens with one attached hydrogen (secondary N) is 2. The smallest absolute Gasteiger partial charge is 0.171 e. The van der Waals surface area contributed by atoms with Gasteiger partial charge in [0.1, 0.15) is 0 Å². The molecule has 2 aromatic carbocycles. The van der Waals surface area contributed by atoms with E-state index in [9.17, 15) is 0 Å². The molecular formula is C17H17ClN2S. The number of rotatable bonds is 3. The third-order valence-electron chi connectivity index (χ3n) is 3.72. The van der Waals surface area contributed by atoms with Gasteiger partial charge in [-0.15, -0.1) is 0 Å². The summed E-state index contributed by atoms with van der Waals surface area (Å²) in [6.07, 6.45) is 3.64. The molecule has 0 radical (unpaired) electrons. The summed E-state index contributed by atoms with van der Waals surface area (Å²) in [4.78, 5) is 0. The van der Waals surface area contributed by atoms with Gasteiger partial charge >= 0.3 is 0 Å². The van der Waals surface area contributed by atoms with Crippen LogP contribution in [0.1, 0.15) is 23.1 Å². The summed E-state index contributed by atoms with van der Waals surface area (Å²) in [6, 6.07) is 14.3. The Morgan fingerprint density at radius 2 is 1.81 bits per heavy atom. The number of aryl methyl sites for hydroxylation is 2. The van der Waals surface area contributed by atoms with Crippen LogP contribution in [-0.2, 0) is 19.4 Å². The number of thiocarbonyl (C=S) groups is 1. The van der Waals surface area contributed by atoms with E-state index < -0.39 is 0 Å². The minimum Gasteiger partial charge on any atom is -0.358 e. The number of hydrogen-bond acceptors (Lipinski definition) is 1. The minimum absolute atomic E-state index is 0.642. The summed E-state index contributed by atoms with van der Waals surface area (Å²) < 4.78 is 0. The molecule has 3 rings (SSSR count). The van der Waals surface area contributed by atoms with Gasteiger partial charge < -0.3 is 10.6 Å². The Bertz CT molecular complexity index is 652. The van der Waals surface area contributed by atoms with Crippen molar-refractivity contribution < 1.29 is 0 Å². The van der Waals surface area contributed by atoms with Crippen molar-refractivity contribution in [1.82, 2.24) is 5.32 Å². The Kier molecular flexibility index (Phi) is 4.42. The highest BCUT2D eigenvalue weighted by atomic mass is 35.5. The first-order valence-corrected chi connectivity index (χ1v) is 7.90. The van der Waals surface area contributed by atoms with Crippen molar-refractivity contribution in [2.24, 2.45) is 0 Å². The first-order chi connectivity index (χ1) is 10.2. The Hall–Kier alpha value is -1.58. The van der Waals surface area contributed by atoms with E-state index in [1.54, 1.807) is 0 Å². The zero-order valence-corrected chi connectivity index (χ0v) is 13.2. The SMILES string of the molecule is S=C(NCc1ccc(Cl)cc1)Nc1ccc2c(c1)CCC2. The van der Waals surface area contributed by atoms with Crippen molar-refractivity contribution in [3.63, 3.8) is 0 Å². The van der Waals surface area contributed by atoms with Crippen molar-refractivity contribution in [1.29, 1.82) is 0 Å². The molecule has 0 amide bonds. The predicted octanol–water partition coefficient (Wildman–Crippen LogP) is 4.32. The third kappa shape index (κ3) is 3.74. The van der Waals surface area contributed by atoms with Crippen LogP contribution in [0.5, 0.6) is 0 Å².